The molecule has 0 aliphatic carbocycles. The van der Waals surface area contributed by atoms with E-state index in [0.29, 0.717) is 43.1 Å². The number of nitriles is 1. The lowest BCUT2D eigenvalue weighted by Crippen LogP contribution is -2.55. The average Bonchev–Trinajstić information content (AvgIpc) is 2.94. The van der Waals surface area contributed by atoms with E-state index in [1.54, 1.807) is 4.90 Å². The van der Waals surface area contributed by atoms with Gasteiger partial charge in [0.15, 0.2) is 0 Å². The highest BCUT2D eigenvalue weighted by molar-refractivity contribution is 6.35. The van der Waals surface area contributed by atoms with Crippen LogP contribution in [0, 0.1) is 17.1 Å². The van der Waals surface area contributed by atoms with Crippen LogP contribution in [0.3, 0.4) is 0 Å². The number of halogens is 2. The van der Waals surface area contributed by atoms with E-state index in [9.17, 15) is 19.6 Å². The molecule has 2 aliphatic heterocycles. The molecule has 1 amide bonds. The van der Waals surface area contributed by atoms with E-state index in [1.165, 1.54) is 30.3 Å². The second kappa shape index (κ2) is 7.98. The van der Waals surface area contributed by atoms with Gasteiger partial charge in [0.25, 0.3) is 0 Å². The van der Waals surface area contributed by atoms with E-state index in [2.05, 4.69) is 17.5 Å². The minimum atomic E-state index is -0.648. The van der Waals surface area contributed by atoms with Crippen molar-refractivity contribution in [2.75, 3.05) is 26.2 Å². The number of carbonyl (C=O) groups excluding carboxylic acids is 1. The van der Waals surface area contributed by atoms with E-state index >= 15 is 0 Å². The van der Waals surface area contributed by atoms with Gasteiger partial charge in [-0.25, -0.2) is 4.39 Å². The Balaban J connectivity index is 1.76. The molecule has 8 heteroatoms. The number of piperazine rings is 1. The third-order valence-electron chi connectivity index (χ3n) is 5.58. The summed E-state index contributed by atoms with van der Waals surface area (Å²) in [5, 5.41) is 20.1. The Kier molecular flexibility index (Phi) is 5.37. The van der Waals surface area contributed by atoms with Gasteiger partial charge in [0.05, 0.1) is 28.3 Å². The number of amides is 1. The highest BCUT2D eigenvalue weighted by Gasteiger charge is 2.34. The number of ether oxygens (including phenoxy) is 1. The fourth-order valence-corrected chi connectivity index (χ4v) is 4.33. The molecule has 30 heavy (non-hydrogen) atoms. The van der Waals surface area contributed by atoms with Gasteiger partial charge in [0.2, 0.25) is 5.91 Å². The molecule has 1 N–H and O–H groups in total. The molecule has 1 atom stereocenters. The predicted molar refractivity (Wildman–Crippen MR) is 110 cm³/mol. The maximum absolute atomic E-state index is 14.5. The third-order valence-corrected chi connectivity index (χ3v) is 5.95. The zero-order valence-corrected chi connectivity index (χ0v) is 16.8. The van der Waals surface area contributed by atoms with Crippen molar-refractivity contribution in [3.05, 3.63) is 58.9 Å². The van der Waals surface area contributed by atoms with E-state index in [1.807, 2.05) is 0 Å². The van der Waals surface area contributed by atoms with Gasteiger partial charge in [-0.3, -0.25) is 9.69 Å². The van der Waals surface area contributed by atoms with Crippen molar-refractivity contribution in [3.63, 3.8) is 0 Å². The van der Waals surface area contributed by atoms with E-state index in [0.717, 1.165) is 0 Å². The van der Waals surface area contributed by atoms with Crippen LogP contribution in [0.25, 0.3) is 11.1 Å². The number of carbonyl (C=O) groups is 1. The van der Waals surface area contributed by atoms with Gasteiger partial charge < -0.3 is 14.7 Å². The largest absolute Gasteiger partial charge is 0.507 e. The summed E-state index contributed by atoms with van der Waals surface area (Å²) in [5.74, 6) is -0.746. The molecule has 6 nitrogen and oxygen atoms in total. The zero-order chi connectivity index (χ0) is 21.4. The molecule has 0 saturated carbocycles. The summed E-state index contributed by atoms with van der Waals surface area (Å²) in [5.41, 5.74) is 1.05. The quantitative estimate of drug-likeness (QED) is 0.744. The molecule has 2 heterocycles. The smallest absolute Gasteiger partial charge is 0.246 e. The molecule has 0 radical (unpaired) electrons. The molecule has 0 spiro atoms. The number of benzene rings is 2. The van der Waals surface area contributed by atoms with Gasteiger partial charge in [-0.05, 0) is 24.3 Å². The molecule has 2 aliphatic rings. The Bertz CT molecular complexity index is 1060. The molecule has 1 fully saturated rings. The number of nitrogens with zero attached hydrogens (tertiary/aromatic N) is 3. The molecular formula is C22H19ClFN3O3. The molecular weight excluding hydrogens is 409 g/mol. The summed E-state index contributed by atoms with van der Waals surface area (Å²) in [6.07, 6.45) is 1.29. The monoisotopic (exact) mass is 427 g/mol. The number of phenols is 1. The second-order valence-electron chi connectivity index (χ2n) is 7.26. The lowest BCUT2D eigenvalue weighted by Gasteiger charge is -2.39. The first-order chi connectivity index (χ1) is 14.4. The van der Waals surface area contributed by atoms with Crippen molar-refractivity contribution in [3.8, 4) is 28.7 Å². The minimum absolute atomic E-state index is 0.0740. The Hall–Kier alpha value is -3.08. The highest BCUT2D eigenvalue weighted by Crippen LogP contribution is 2.45. The summed E-state index contributed by atoms with van der Waals surface area (Å²) in [6.45, 7) is 5.85. The Labute approximate surface area is 178 Å². The van der Waals surface area contributed by atoms with E-state index in [-0.39, 0.29) is 40.5 Å². The average molecular weight is 428 g/mol. The van der Waals surface area contributed by atoms with Crippen molar-refractivity contribution in [1.82, 2.24) is 9.80 Å². The van der Waals surface area contributed by atoms with Crippen LogP contribution >= 0.6 is 11.6 Å². The molecule has 154 valence electrons. The van der Waals surface area contributed by atoms with Crippen molar-refractivity contribution in [1.29, 1.82) is 5.26 Å². The maximum atomic E-state index is 14.5. The molecule has 2 aromatic rings. The Morgan fingerprint density at radius 1 is 1.43 bits per heavy atom. The van der Waals surface area contributed by atoms with Gasteiger partial charge in [0, 0.05) is 37.3 Å². The van der Waals surface area contributed by atoms with Crippen molar-refractivity contribution >= 4 is 17.5 Å². The summed E-state index contributed by atoms with van der Waals surface area (Å²) in [4.78, 5) is 15.9. The van der Waals surface area contributed by atoms with Crippen molar-refractivity contribution in [2.24, 2.45) is 0 Å². The van der Waals surface area contributed by atoms with Gasteiger partial charge in [-0.2, -0.15) is 5.26 Å². The number of aromatic hydroxyl groups is 1. The van der Waals surface area contributed by atoms with Gasteiger partial charge >= 0.3 is 0 Å². The van der Waals surface area contributed by atoms with E-state index < -0.39 is 5.82 Å². The number of phenolic OH excluding ortho intramolecular Hbond substituents is 1. The maximum Gasteiger partial charge on any atom is 0.246 e. The number of hydrogen-bond acceptors (Lipinski definition) is 5. The van der Waals surface area contributed by atoms with Crippen molar-refractivity contribution in [2.45, 2.75) is 12.6 Å². The number of hydrogen-bond donors (Lipinski definition) is 1. The lowest BCUT2D eigenvalue weighted by atomic mass is 9.96. The zero-order valence-electron chi connectivity index (χ0n) is 16.1. The third kappa shape index (κ3) is 3.38. The molecule has 2 aromatic carbocycles. The number of rotatable bonds is 2. The summed E-state index contributed by atoms with van der Waals surface area (Å²) < 4.78 is 20.5. The molecule has 1 saturated heterocycles. The van der Waals surface area contributed by atoms with Crippen LogP contribution in [0.1, 0.15) is 11.1 Å². The summed E-state index contributed by atoms with van der Waals surface area (Å²) in [6, 6.07) is 7.52. The summed E-state index contributed by atoms with van der Waals surface area (Å²) in [7, 11) is 0. The normalized spacial score (nSPS) is 18.4. The standard InChI is InChI=1S/C22H19ClFN3O3/c1-2-19(29)27-7-6-26-11-16-13(9-25)8-15(20-17(24)4-3-5-18(20)28)21(23)22(16)30-12-14(26)10-27/h2-5,8,14,28H,1,6-7,10-12H2/t14-/m1/s1. The first kappa shape index (κ1) is 20.2. The van der Waals surface area contributed by atoms with Crippen LogP contribution < -0.4 is 4.74 Å². The SMILES string of the molecule is C=CC(=O)N1CCN2Cc3c(C#N)cc(-c4c(O)cccc4F)c(Cl)c3OC[C@H]2C1. The molecule has 0 unspecified atom stereocenters. The van der Waals surface area contributed by atoms with Gasteiger partial charge in [0.1, 0.15) is 23.9 Å². The summed E-state index contributed by atoms with van der Waals surface area (Å²) >= 11 is 6.60. The van der Waals surface area contributed by atoms with Gasteiger partial charge in [-0.1, -0.05) is 24.2 Å². The molecule has 0 aromatic heterocycles. The fourth-order valence-electron chi connectivity index (χ4n) is 4.01. The van der Waals surface area contributed by atoms with Gasteiger partial charge in [-0.15, -0.1) is 0 Å². The first-order valence-corrected chi connectivity index (χ1v) is 9.84. The van der Waals surface area contributed by atoms with Crippen LogP contribution in [0.4, 0.5) is 4.39 Å². The highest BCUT2D eigenvalue weighted by atomic mass is 35.5. The van der Waals surface area contributed by atoms with Crippen LogP contribution in [0.15, 0.2) is 36.9 Å². The van der Waals surface area contributed by atoms with Crippen LogP contribution in [0.2, 0.25) is 5.02 Å². The minimum Gasteiger partial charge on any atom is -0.507 e. The fraction of sp³-hybridized carbons (Fsp3) is 0.273. The Morgan fingerprint density at radius 2 is 2.23 bits per heavy atom. The van der Waals surface area contributed by atoms with Crippen LogP contribution in [0.5, 0.6) is 11.5 Å². The van der Waals surface area contributed by atoms with Crippen LogP contribution in [-0.4, -0.2) is 53.1 Å². The van der Waals surface area contributed by atoms with E-state index in [4.69, 9.17) is 16.3 Å². The lowest BCUT2D eigenvalue weighted by molar-refractivity contribution is -0.129. The molecule has 4 rings (SSSR count). The Morgan fingerprint density at radius 3 is 2.93 bits per heavy atom. The first-order valence-electron chi connectivity index (χ1n) is 9.46. The van der Waals surface area contributed by atoms with Crippen molar-refractivity contribution < 1.29 is 19.0 Å². The van der Waals surface area contributed by atoms with Crippen LogP contribution in [-0.2, 0) is 11.3 Å². The topological polar surface area (TPSA) is 76.8 Å². The number of fused-ring (bicyclic) bond motifs is 2. The molecule has 0 bridgehead atoms. The predicted octanol–water partition coefficient (Wildman–Crippen LogP) is 3.31. The second-order valence-corrected chi connectivity index (χ2v) is 7.64.